The summed E-state index contributed by atoms with van der Waals surface area (Å²) in [6.45, 7) is 0. The van der Waals surface area contributed by atoms with Gasteiger partial charge < -0.3 is 11.1 Å². The van der Waals surface area contributed by atoms with Crippen LogP contribution in [0.4, 0.5) is 24.5 Å². The van der Waals surface area contributed by atoms with E-state index in [0.29, 0.717) is 5.69 Å². The van der Waals surface area contributed by atoms with Crippen LogP contribution in [0, 0.1) is 0 Å². The number of pyridine rings is 1. The molecule has 0 spiro atoms. The number of amides is 1. The number of rotatable bonds is 2. The molecule has 1 aromatic heterocycles. The molecule has 0 unspecified atom stereocenters. The number of alkyl halides is 3. The second-order valence-corrected chi connectivity index (χ2v) is 4.00. The van der Waals surface area contributed by atoms with Crippen LogP contribution < -0.4 is 11.1 Å². The van der Waals surface area contributed by atoms with Crippen LogP contribution >= 0.6 is 0 Å². The van der Waals surface area contributed by atoms with E-state index >= 15 is 0 Å². The van der Waals surface area contributed by atoms with Crippen molar-refractivity contribution in [3.63, 3.8) is 0 Å². The normalized spacial score (nSPS) is 11.2. The molecule has 2 rings (SSSR count). The van der Waals surface area contributed by atoms with Crippen LogP contribution in [-0.2, 0) is 6.18 Å². The first kappa shape index (κ1) is 13.9. The van der Waals surface area contributed by atoms with Gasteiger partial charge in [0.25, 0.3) is 5.91 Å². The Morgan fingerprint density at radius 2 is 2.00 bits per heavy atom. The molecule has 3 N–H and O–H groups in total. The fourth-order valence-electron chi connectivity index (χ4n) is 1.55. The fourth-order valence-corrected chi connectivity index (χ4v) is 1.55. The molecule has 0 saturated carbocycles. The molecule has 2 aromatic rings. The number of carbonyl (C=O) groups excluding carboxylic acids is 1. The van der Waals surface area contributed by atoms with Crippen molar-refractivity contribution < 1.29 is 18.0 Å². The molecule has 104 valence electrons. The third-order valence-corrected chi connectivity index (χ3v) is 2.55. The number of anilines is 2. The number of nitrogens with one attached hydrogen (secondary N) is 1. The van der Waals surface area contributed by atoms with Crippen molar-refractivity contribution in [3.05, 3.63) is 53.9 Å². The number of hydrogen-bond acceptors (Lipinski definition) is 3. The van der Waals surface area contributed by atoms with E-state index in [1.807, 2.05) is 0 Å². The summed E-state index contributed by atoms with van der Waals surface area (Å²) < 4.78 is 37.7. The van der Waals surface area contributed by atoms with Crippen molar-refractivity contribution in [2.75, 3.05) is 11.1 Å². The molecule has 20 heavy (non-hydrogen) atoms. The summed E-state index contributed by atoms with van der Waals surface area (Å²) in [4.78, 5) is 15.6. The molecule has 1 heterocycles. The molecule has 0 saturated heterocycles. The molecule has 0 aliphatic heterocycles. The molecule has 0 fully saturated rings. The van der Waals surface area contributed by atoms with Gasteiger partial charge in [-0.2, -0.15) is 13.2 Å². The number of nitrogens with two attached hydrogens (primary N) is 1. The minimum Gasteiger partial charge on any atom is -0.396 e. The Labute approximate surface area is 112 Å². The third kappa shape index (κ3) is 3.05. The SMILES string of the molecule is Nc1cnccc1NC(=O)c1cccc(C(F)(F)F)c1. The predicted molar refractivity (Wildman–Crippen MR) is 68.0 cm³/mol. The lowest BCUT2D eigenvalue weighted by atomic mass is 10.1. The van der Waals surface area contributed by atoms with Crippen LogP contribution in [0.1, 0.15) is 15.9 Å². The maximum Gasteiger partial charge on any atom is 0.416 e. The largest absolute Gasteiger partial charge is 0.416 e. The third-order valence-electron chi connectivity index (χ3n) is 2.55. The minimum atomic E-state index is -4.49. The van der Waals surface area contributed by atoms with Gasteiger partial charge in [0.1, 0.15) is 0 Å². The number of nitrogens with zero attached hydrogens (tertiary/aromatic N) is 1. The number of benzene rings is 1. The summed E-state index contributed by atoms with van der Waals surface area (Å²) in [5, 5.41) is 2.43. The Morgan fingerprint density at radius 1 is 1.25 bits per heavy atom. The minimum absolute atomic E-state index is 0.101. The monoisotopic (exact) mass is 281 g/mol. The van der Waals surface area contributed by atoms with Crippen molar-refractivity contribution in [2.45, 2.75) is 6.18 Å². The zero-order valence-electron chi connectivity index (χ0n) is 10.1. The highest BCUT2D eigenvalue weighted by atomic mass is 19.4. The van der Waals surface area contributed by atoms with Gasteiger partial charge in [-0.1, -0.05) is 6.07 Å². The number of aromatic nitrogens is 1. The zero-order chi connectivity index (χ0) is 14.8. The second-order valence-electron chi connectivity index (χ2n) is 4.00. The first-order valence-corrected chi connectivity index (χ1v) is 5.56. The summed E-state index contributed by atoms with van der Waals surface area (Å²) in [7, 11) is 0. The molecule has 0 atom stereocenters. The predicted octanol–water partition coefficient (Wildman–Crippen LogP) is 2.93. The first-order chi connectivity index (χ1) is 9.38. The smallest absolute Gasteiger partial charge is 0.396 e. The Kier molecular flexibility index (Phi) is 3.60. The number of carbonyl (C=O) groups is 1. The molecule has 7 heteroatoms. The van der Waals surface area contributed by atoms with Gasteiger partial charge in [0.2, 0.25) is 0 Å². The highest BCUT2D eigenvalue weighted by molar-refractivity contribution is 6.05. The Balaban J connectivity index is 2.24. The molecule has 1 aromatic carbocycles. The molecule has 1 amide bonds. The zero-order valence-corrected chi connectivity index (χ0v) is 10.1. The average Bonchev–Trinajstić information content (AvgIpc) is 2.40. The lowest BCUT2D eigenvalue weighted by Crippen LogP contribution is -2.15. The standard InChI is InChI=1S/C13H10F3N3O/c14-13(15,16)9-3-1-2-8(6-9)12(20)19-11-4-5-18-7-10(11)17/h1-7H,17H2,(H,18,19,20). The highest BCUT2D eigenvalue weighted by Gasteiger charge is 2.30. The number of hydrogen-bond donors (Lipinski definition) is 2. The lowest BCUT2D eigenvalue weighted by Gasteiger charge is -2.10. The Morgan fingerprint density at radius 3 is 2.65 bits per heavy atom. The Bertz CT molecular complexity index is 641. The molecule has 4 nitrogen and oxygen atoms in total. The van der Waals surface area contributed by atoms with Gasteiger partial charge in [0.05, 0.1) is 23.1 Å². The van der Waals surface area contributed by atoms with E-state index in [0.717, 1.165) is 12.1 Å². The summed E-state index contributed by atoms with van der Waals surface area (Å²) in [6, 6.07) is 5.61. The van der Waals surface area contributed by atoms with Crippen LogP contribution in [0.15, 0.2) is 42.7 Å². The molecular weight excluding hydrogens is 271 g/mol. The summed E-state index contributed by atoms with van der Waals surface area (Å²) in [6.07, 6.45) is -1.74. The van der Waals surface area contributed by atoms with E-state index in [2.05, 4.69) is 10.3 Å². The van der Waals surface area contributed by atoms with Crippen molar-refractivity contribution in [1.29, 1.82) is 0 Å². The van der Waals surface area contributed by atoms with Gasteiger partial charge in [-0.15, -0.1) is 0 Å². The summed E-state index contributed by atoms with van der Waals surface area (Å²) in [5.41, 5.74) is 5.13. The van der Waals surface area contributed by atoms with Crippen molar-refractivity contribution in [1.82, 2.24) is 4.98 Å². The summed E-state index contributed by atoms with van der Waals surface area (Å²) >= 11 is 0. The van der Waals surface area contributed by atoms with Gasteiger partial charge in [-0.3, -0.25) is 9.78 Å². The van der Waals surface area contributed by atoms with Crippen molar-refractivity contribution in [3.8, 4) is 0 Å². The van der Waals surface area contributed by atoms with Gasteiger partial charge in [0.15, 0.2) is 0 Å². The van der Waals surface area contributed by atoms with Crippen LogP contribution in [0.25, 0.3) is 0 Å². The van der Waals surface area contributed by atoms with E-state index in [1.54, 1.807) is 0 Å². The van der Waals surface area contributed by atoms with Crippen LogP contribution in [0.3, 0.4) is 0 Å². The first-order valence-electron chi connectivity index (χ1n) is 5.56. The van der Waals surface area contributed by atoms with Crippen molar-refractivity contribution in [2.24, 2.45) is 0 Å². The van der Waals surface area contributed by atoms with E-state index in [4.69, 9.17) is 5.73 Å². The highest BCUT2D eigenvalue weighted by Crippen LogP contribution is 2.29. The second kappa shape index (κ2) is 5.20. The Hall–Kier alpha value is -2.57. The van der Waals surface area contributed by atoms with Gasteiger partial charge in [0, 0.05) is 11.8 Å². The van der Waals surface area contributed by atoms with E-state index in [9.17, 15) is 18.0 Å². The summed E-state index contributed by atoms with van der Waals surface area (Å²) in [5.74, 6) is -0.672. The van der Waals surface area contributed by atoms with Gasteiger partial charge in [-0.25, -0.2) is 0 Å². The van der Waals surface area contributed by atoms with E-state index < -0.39 is 17.6 Å². The lowest BCUT2D eigenvalue weighted by molar-refractivity contribution is -0.137. The fraction of sp³-hybridized carbons (Fsp3) is 0.0769. The maximum atomic E-state index is 12.6. The van der Waals surface area contributed by atoms with E-state index in [-0.39, 0.29) is 11.3 Å². The number of halogens is 3. The topological polar surface area (TPSA) is 68.0 Å². The van der Waals surface area contributed by atoms with Crippen LogP contribution in [-0.4, -0.2) is 10.9 Å². The molecule has 0 radical (unpaired) electrons. The molecular formula is C13H10F3N3O. The molecule has 0 bridgehead atoms. The number of nitrogen functional groups attached to an aromatic ring is 1. The molecule has 0 aliphatic carbocycles. The van der Waals surface area contributed by atoms with E-state index in [1.165, 1.54) is 30.6 Å². The maximum absolute atomic E-state index is 12.6. The average molecular weight is 281 g/mol. The van der Waals surface area contributed by atoms with Gasteiger partial charge >= 0.3 is 6.18 Å². The molecule has 0 aliphatic rings. The van der Waals surface area contributed by atoms with Crippen molar-refractivity contribution >= 4 is 17.3 Å². The quantitative estimate of drug-likeness (QED) is 0.889. The van der Waals surface area contributed by atoms with Crippen LogP contribution in [0.5, 0.6) is 0 Å². The van der Waals surface area contributed by atoms with Gasteiger partial charge in [-0.05, 0) is 24.3 Å². The van der Waals surface area contributed by atoms with Crippen LogP contribution in [0.2, 0.25) is 0 Å².